The first-order valence-electron chi connectivity index (χ1n) is 5.15. The standard InChI is InChI=1S/C11H16N4O/c1-14(2)10-5-3-4-9-11(8(12)6-16)13-7-15(9)10/h3-5,7-8,16H,6,12H2,1-2H3. The Balaban J connectivity index is 2.61. The lowest BCUT2D eigenvalue weighted by atomic mass is 10.2. The zero-order valence-corrected chi connectivity index (χ0v) is 9.46. The summed E-state index contributed by atoms with van der Waals surface area (Å²) < 4.78 is 1.96. The molecule has 86 valence electrons. The van der Waals surface area contributed by atoms with Crippen LogP contribution >= 0.6 is 0 Å². The highest BCUT2D eigenvalue weighted by Crippen LogP contribution is 2.20. The second kappa shape index (κ2) is 4.11. The van der Waals surface area contributed by atoms with Gasteiger partial charge in [0.2, 0.25) is 0 Å². The Morgan fingerprint density at radius 1 is 1.50 bits per heavy atom. The molecule has 5 heteroatoms. The maximum Gasteiger partial charge on any atom is 0.113 e. The van der Waals surface area contributed by atoms with Crippen LogP contribution in [0.1, 0.15) is 11.7 Å². The van der Waals surface area contributed by atoms with Crippen LogP contribution in [-0.4, -0.2) is 35.2 Å². The number of aliphatic hydroxyl groups is 1. The number of imidazole rings is 1. The number of pyridine rings is 1. The molecule has 0 fully saturated rings. The molecule has 0 aliphatic rings. The molecule has 5 nitrogen and oxygen atoms in total. The molecule has 1 atom stereocenters. The second-order valence-corrected chi connectivity index (χ2v) is 3.95. The average Bonchev–Trinajstić information content (AvgIpc) is 2.71. The highest BCUT2D eigenvalue weighted by Gasteiger charge is 2.13. The Bertz CT molecular complexity index is 492. The predicted molar refractivity (Wildman–Crippen MR) is 63.5 cm³/mol. The highest BCUT2D eigenvalue weighted by atomic mass is 16.3. The van der Waals surface area contributed by atoms with E-state index in [1.54, 1.807) is 6.33 Å². The summed E-state index contributed by atoms with van der Waals surface area (Å²) >= 11 is 0. The molecule has 0 saturated carbocycles. The Morgan fingerprint density at radius 2 is 2.25 bits per heavy atom. The Morgan fingerprint density at radius 3 is 2.88 bits per heavy atom. The lowest BCUT2D eigenvalue weighted by Crippen LogP contribution is -2.16. The monoisotopic (exact) mass is 220 g/mol. The maximum atomic E-state index is 9.06. The van der Waals surface area contributed by atoms with Crippen LogP contribution in [0, 0.1) is 0 Å². The molecule has 1 unspecified atom stereocenters. The number of hydrogen-bond acceptors (Lipinski definition) is 4. The SMILES string of the molecule is CN(C)c1cccc2c(C(N)CO)ncn12. The van der Waals surface area contributed by atoms with Gasteiger partial charge in [-0.2, -0.15) is 0 Å². The van der Waals surface area contributed by atoms with Crippen molar-refractivity contribution in [3.8, 4) is 0 Å². The summed E-state index contributed by atoms with van der Waals surface area (Å²) in [6.45, 7) is -0.0983. The molecular weight excluding hydrogens is 204 g/mol. The normalized spacial score (nSPS) is 13.0. The minimum absolute atomic E-state index is 0.0983. The zero-order valence-electron chi connectivity index (χ0n) is 9.46. The van der Waals surface area contributed by atoms with Crippen molar-refractivity contribution in [2.45, 2.75) is 6.04 Å². The van der Waals surface area contributed by atoms with Crippen LogP contribution in [0.25, 0.3) is 5.52 Å². The van der Waals surface area contributed by atoms with E-state index in [1.165, 1.54) is 0 Å². The zero-order chi connectivity index (χ0) is 11.7. The molecule has 0 aliphatic heterocycles. The van der Waals surface area contributed by atoms with Gasteiger partial charge in [0.25, 0.3) is 0 Å². The number of fused-ring (bicyclic) bond motifs is 1. The number of nitrogens with two attached hydrogens (primary N) is 1. The van der Waals surface area contributed by atoms with Gasteiger partial charge in [0.1, 0.15) is 12.1 Å². The molecule has 0 aliphatic carbocycles. The van der Waals surface area contributed by atoms with E-state index in [-0.39, 0.29) is 6.61 Å². The van der Waals surface area contributed by atoms with Crippen LogP contribution < -0.4 is 10.6 Å². The van der Waals surface area contributed by atoms with Gasteiger partial charge in [0.05, 0.1) is 23.9 Å². The molecular formula is C11H16N4O. The van der Waals surface area contributed by atoms with Crippen molar-refractivity contribution in [3.05, 3.63) is 30.2 Å². The van der Waals surface area contributed by atoms with Crippen LogP contribution in [0.4, 0.5) is 5.82 Å². The third kappa shape index (κ3) is 1.64. The fraction of sp³-hybridized carbons (Fsp3) is 0.364. The fourth-order valence-electron chi connectivity index (χ4n) is 1.76. The number of aliphatic hydroxyl groups excluding tert-OH is 1. The van der Waals surface area contributed by atoms with E-state index in [2.05, 4.69) is 4.98 Å². The number of anilines is 1. The van der Waals surface area contributed by atoms with Gasteiger partial charge in [0.15, 0.2) is 0 Å². The number of hydrogen-bond donors (Lipinski definition) is 2. The molecule has 2 rings (SSSR count). The molecule has 2 aromatic rings. The lowest BCUT2D eigenvalue weighted by Gasteiger charge is -2.14. The van der Waals surface area contributed by atoms with E-state index in [0.717, 1.165) is 17.0 Å². The van der Waals surface area contributed by atoms with Crippen molar-refractivity contribution in [3.63, 3.8) is 0 Å². The minimum Gasteiger partial charge on any atom is -0.394 e. The average molecular weight is 220 g/mol. The fourth-order valence-corrected chi connectivity index (χ4v) is 1.76. The highest BCUT2D eigenvalue weighted by molar-refractivity contribution is 5.59. The van der Waals surface area contributed by atoms with E-state index < -0.39 is 6.04 Å². The van der Waals surface area contributed by atoms with E-state index in [4.69, 9.17) is 10.8 Å². The van der Waals surface area contributed by atoms with E-state index in [1.807, 2.05) is 41.6 Å². The summed E-state index contributed by atoms with van der Waals surface area (Å²) in [5.74, 6) is 1.03. The molecule has 0 bridgehead atoms. The third-order valence-corrected chi connectivity index (χ3v) is 2.59. The maximum absolute atomic E-state index is 9.06. The quantitative estimate of drug-likeness (QED) is 0.785. The summed E-state index contributed by atoms with van der Waals surface area (Å²) in [6.07, 6.45) is 1.73. The van der Waals surface area contributed by atoms with Gasteiger partial charge >= 0.3 is 0 Å². The lowest BCUT2D eigenvalue weighted by molar-refractivity contribution is 0.267. The van der Waals surface area contributed by atoms with Gasteiger partial charge < -0.3 is 15.7 Å². The van der Waals surface area contributed by atoms with Gasteiger partial charge in [-0.3, -0.25) is 4.40 Å². The Kier molecular flexibility index (Phi) is 2.80. The number of nitrogens with zero attached hydrogens (tertiary/aromatic N) is 3. The number of aromatic nitrogens is 2. The van der Waals surface area contributed by atoms with Crippen molar-refractivity contribution >= 4 is 11.3 Å². The summed E-state index contributed by atoms with van der Waals surface area (Å²) in [5, 5.41) is 9.06. The molecule has 0 spiro atoms. The molecule has 2 heterocycles. The molecule has 0 amide bonds. The molecule has 2 aromatic heterocycles. The van der Waals surface area contributed by atoms with Gasteiger partial charge in [-0.25, -0.2) is 4.98 Å². The van der Waals surface area contributed by atoms with E-state index in [0.29, 0.717) is 0 Å². The molecule has 0 saturated heterocycles. The Hall–Kier alpha value is -1.59. The van der Waals surface area contributed by atoms with Gasteiger partial charge in [-0.15, -0.1) is 0 Å². The first-order chi connectivity index (χ1) is 7.65. The van der Waals surface area contributed by atoms with Crippen LogP contribution in [-0.2, 0) is 0 Å². The molecule has 16 heavy (non-hydrogen) atoms. The third-order valence-electron chi connectivity index (χ3n) is 2.59. The summed E-state index contributed by atoms with van der Waals surface area (Å²) in [5.41, 5.74) is 7.46. The van der Waals surface area contributed by atoms with Crippen molar-refractivity contribution in [1.82, 2.24) is 9.38 Å². The largest absolute Gasteiger partial charge is 0.394 e. The molecule has 3 N–H and O–H groups in total. The van der Waals surface area contributed by atoms with E-state index >= 15 is 0 Å². The predicted octanol–water partition coefficient (Wildman–Crippen LogP) is 0.392. The first-order valence-corrected chi connectivity index (χ1v) is 5.15. The molecule has 0 radical (unpaired) electrons. The van der Waals surface area contributed by atoms with Crippen molar-refractivity contribution in [2.75, 3.05) is 25.6 Å². The van der Waals surface area contributed by atoms with E-state index in [9.17, 15) is 0 Å². The van der Waals surface area contributed by atoms with Crippen molar-refractivity contribution < 1.29 is 5.11 Å². The summed E-state index contributed by atoms with van der Waals surface area (Å²) in [4.78, 5) is 6.26. The van der Waals surface area contributed by atoms with Crippen molar-refractivity contribution in [1.29, 1.82) is 0 Å². The van der Waals surface area contributed by atoms with Crippen molar-refractivity contribution in [2.24, 2.45) is 5.73 Å². The minimum atomic E-state index is -0.428. The first kappa shape index (κ1) is 10.9. The van der Waals surface area contributed by atoms with Crippen LogP contribution in [0.2, 0.25) is 0 Å². The van der Waals surface area contributed by atoms with Gasteiger partial charge in [-0.05, 0) is 12.1 Å². The van der Waals surface area contributed by atoms with Crippen LogP contribution in [0.3, 0.4) is 0 Å². The summed E-state index contributed by atoms with van der Waals surface area (Å²) in [7, 11) is 3.95. The summed E-state index contributed by atoms with van der Waals surface area (Å²) in [6, 6.07) is 5.48. The second-order valence-electron chi connectivity index (χ2n) is 3.95. The van der Waals surface area contributed by atoms with Gasteiger partial charge in [-0.1, -0.05) is 6.07 Å². The smallest absolute Gasteiger partial charge is 0.113 e. The number of rotatable bonds is 3. The van der Waals surface area contributed by atoms with Gasteiger partial charge in [0, 0.05) is 14.1 Å². The van der Waals surface area contributed by atoms with Crippen LogP contribution in [0.5, 0.6) is 0 Å². The molecule has 0 aromatic carbocycles. The van der Waals surface area contributed by atoms with Crippen LogP contribution in [0.15, 0.2) is 24.5 Å². The Labute approximate surface area is 94.1 Å². The topological polar surface area (TPSA) is 66.8 Å².